The number of halogens is 1. The fourth-order valence-electron chi connectivity index (χ4n) is 3.54. The van der Waals surface area contributed by atoms with E-state index in [1.807, 2.05) is 44.2 Å². The van der Waals surface area contributed by atoms with Crippen LogP contribution in [0.4, 0.5) is 10.1 Å². The highest BCUT2D eigenvalue weighted by atomic mass is 19.1. The van der Waals surface area contributed by atoms with Crippen LogP contribution in [-0.4, -0.2) is 19.1 Å². The van der Waals surface area contributed by atoms with Gasteiger partial charge < -0.3 is 14.8 Å². The molecule has 1 heterocycles. The van der Waals surface area contributed by atoms with Gasteiger partial charge in [0.25, 0.3) is 0 Å². The van der Waals surface area contributed by atoms with E-state index in [0.29, 0.717) is 19.0 Å². The zero-order valence-electron chi connectivity index (χ0n) is 16.4. The van der Waals surface area contributed by atoms with Gasteiger partial charge in [-0.05, 0) is 60.9 Å². The number of carbonyl (C=O) groups excluding carboxylic acids is 1. The molecule has 1 aliphatic heterocycles. The third-order valence-electron chi connectivity index (χ3n) is 4.88. The van der Waals surface area contributed by atoms with Gasteiger partial charge in [0, 0.05) is 5.56 Å². The Morgan fingerprint density at radius 3 is 2.45 bits per heavy atom. The zero-order valence-corrected chi connectivity index (χ0v) is 16.4. The van der Waals surface area contributed by atoms with Gasteiger partial charge in [-0.3, -0.25) is 4.79 Å². The van der Waals surface area contributed by atoms with Crippen LogP contribution >= 0.6 is 0 Å². The number of carbonyl (C=O) groups is 1. The Kier molecular flexibility index (Phi) is 5.21. The number of anilines is 1. The highest BCUT2D eigenvalue weighted by Gasteiger charge is 2.17. The first-order valence-corrected chi connectivity index (χ1v) is 9.55. The Balaban J connectivity index is 1.65. The van der Waals surface area contributed by atoms with E-state index in [1.165, 1.54) is 12.1 Å². The van der Waals surface area contributed by atoms with Gasteiger partial charge in [0.05, 0.1) is 12.1 Å². The molecule has 4 rings (SSSR count). The Bertz CT molecular complexity index is 1060. The summed E-state index contributed by atoms with van der Waals surface area (Å²) in [6, 6.07) is 15.9. The van der Waals surface area contributed by atoms with Gasteiger partial charge in [-0.1, -0.05) is 29.8 Å². The van der Waals surface area contributed by atoms with Gasteiger partial charge >= 0.3 is 0 Å². The van der Waals surface area contributed by atoms with E-state index in [0.717, 1.165) is 39.3 Å². The van der Waals surface area contributed by atoms with Crippen molar-refractivity contribution in [2.45, 2.75) is 20.3 Å². The smallest absolute Gasteiger partial charge is 0.228 e. The van der Waals surface area contributed by atoms with Crippen LogP contribution in [0, 0.1) is 19.7 Å². The highest BCUT2D eigenvalue weighted by molar-refractivity contribution is 5.98. The fourth-order valence-corrected chi connectivity index (χ4v) is 3.54. The van der Waals surface area contributed by atoms with E-state index in [4.69, 9.17) is 9.47 Å². The molecule has 1 aliphatic rings. The number of benzene rings is 3. The summed E-state index contributed by atoms with van der Waals surface area (Å²) in [4.78, 5) is 12.7. The molecule has 0 radical (unpaired) electrons. The van der Waals surface area contributed by atoms with E-state index in [-0.39, 0.29) is 18.1 Å². The van der Waals surface area contributed by atoms with Crippen molar-refractivity contribution >= 4 is 11.6 Å². The fraction of sp³-hybridized carbons (Fsp3) is 0.208. The Hall–Kier alpha value is -3.34. The Morgan fingerprint density at radius 1 is 0.966 bits per heavy atom. The van der Waals surface area contributed by atoms with Crippen molar-refractivity contribution in [2.24, 2.45) is 0 Å². The first-order chi connectivity index (χ1) is 14.0. The predicted molar refractivity (Wildman–Crippen MR) is 111 cm³/mol. The van der Waals surface area contributed by atoms with E-state index < -0.39 is 0 Å². The van der Waals surface area contributed by atoms with E-state index in [9.17, 15) is 9.18 Å². The second kappa shape index (κ2) is 7.95. The third-order valence-corrected chi connectivity index (χ3v) is 4.88. The van der Waals surface area contributed by atoms with Crippen molar-refractivity contribution < 1.29 is 18.7 Å². The van der Waals surface area contributed by atoms with Crippen LogP contribution in [0.1, 0.15) is 16.7 Å². The number of fused-ring (bicyclic) bond motifs is 1. The summed E-state index contributed by atoms with van der Waals surface area (Å²) in [6.07, 6.45) is 0.175. The summed E-state index contributed by atoms with van der Waals surface area (Å²) in [5, 5.41) is 3.04. The summed E-state index contributed by atoms with van der Waals surface area (Å²) in [7, 11) is 0. The lowest BCUT2D eigenvalue weighted by Gasteiger charge is -2.20. The molecule has 29 heavy (non-hydrogen) atoms. The molecule has 5 heteroatoms. The van der Waals surface area contributed by atoms with Gasteiger partial charge in [-0.15, -0.1) is 0 Å². The Morgan fingerprint density at radius 2 is 1.69 bits per heavy atom. The summed E-state index contributed by atoms with van der Waals surface area (Å²) in [5.41, 5.74) is 5.46. The second-order valence-electron chi connectivity index (χ2n) is 7.21. The van der Waals surface area contributed by atoms with E-state index >= 15 is 0 Å². The van der Waals surface area contributed by atoms with Crippen molar-refractivity contribution in [1.29, 1.82) is 0 Å². The van der Waals surface area contributed by atoms with Gasteiger partial charge in [0.2, 0.25) is 5.91 Å². The van der Waals surface area contributed by atoms with E-state index in [2.05, 4.69) is 5.32 Å². The van der Waals surface area contributed by atoms with Crippen LogP contribution in [0.3, 0.4) is 0 Å². The highest BCUT2D eigenvalue weighted by Crippen LogP contribution is 2.38. The van der Waals surface area contributed by atoms with Crippen molar-refractivity contribution in [3.8, 4) is 22.6 Å². The molecule has 0 aliphatic carbocycles. The maximum Gasteiger partial charge on any atom is 0.228 e. The zero-order chi connectivity index (χ0) is 20.4. The molecule has 0 fully saturated rings. The largest absolute Gasteiger partial charge is 0.486 e. The molecule has 0 spiro atoms. The number of hydrogen-bond donors (Lipinski definition) is 1. The van der Waals surface area contributed by atoms with Crippen LogP contribution < -0.4 is 14.8 Å². The van der Waals surface area contributed by atoms with Crippen molar-refractivity contribution in [1.82, 2.24) is 0 Å². The standard InChI is InChI=1S/C24H22FNO3/c1-15-11-16(2)24(26-23(27)13-17-3-6-19(25)7-4-17)20(12-15)18-5-8-21-22(14-18)29-10-9-28-21/h3-8,11-12,14H,9-10,13H2,1-2H3,(H,26,27). The predicted octanol–water partition coefficient (Wildman–Crippen LogP) is 5.06. The lowest BCUT2D eigenvalue weighted by Crippen LogP contribution is -2.16. The van der Waals surface area contributed by atoms with Crippen molar-refractivity contribution in [3.63, 3.8) is 0 Å². The molecular formula is C24H22FNO3. The SMILES string of the molecule is Cc1cc(C)c(NC(=O)Cc2ccc(F)cc2)c(-c2ccc3c(c2)OCCO3)c1. The molecule has 0 unspecified atom stereocenters. The third kappa shape index (κ3) is 4.24. The minimum atomic E-state index is -0.315. The lowest BCUT2D eigenvalue weighted by atomic mass is 9.97. The molecule has 148 valence electrons. The molecule has 0 bridgehead atoms. The summed E-state index contributed by atoms with van der Waals surface area (Å²) >= 11 is 0. The molecule has 0 saturated carbocycles. The van der Waals surface area contributed by atoms with Gasteiger partial charge in [-0.25, -0.2) is 4.39 Å². The molecule has 0 aromatic heterocycles. The summed E-state index contributed by atoms with van der Waals surface area (Å²) in [6.45, 7) is 5.06. The first kappa shape index (κ1) is 19.0. The minimum absolute atomic E-state index is 0.151. The van der Waals surface area contributed by atoms with E-state index in [1.54, 1.807) is 12.1 Å². The lowest BCUT2D eigenvalue weighted by molar-refractivity contribution is -0.115. The maximum absolute atomic E-state index is 13.1. The topological polar surface area (TPSA) is 47.6 Å². The molecule has 0 atom stereocenters. The van der Waals surface area contributed by atoms with Crippen LogP contribution in [-0.2, 0) is 11.2 Å². The van der Waals surface area contributed by atoms with Crippen LogP contribution in [0.25, 0.3) is 11.1 Å². The number of nitrogens with one attached hydrogen (secondary N) is 1. The number of amides is 1. The molecule has 4 nitrogen and oxygen atoms in total. The monoisotopic (exact) mass is 391 g/mol. The van der Waals surface area contributed by atoms with Gasteiger partial charge in [0.15, 0.2) is 11.5 Å². The number of aryl methyl sites for hydroxylation is 2. The molecule has 3 aromatic carbocycles. The van der Waals surface area contributed by atoms with Gasteiger partial charge in [0.1, 0.15) is 19.0 Å². The first-order valence-electron chi connectivity index (χ1n) is 9.55. The number of rotatable bonds is 4. The van der Waals surface area contributed by atoms with Crippen LogP contribution in [0.15, 0.2) is 54.6 Å². The Labute approximate surface area is 169 Å². The van der Waals surface area contributed by atoms with Crippen LogP contribution in [0.5, 0.6) is 11.5 Å². The number of ether oxygens (including phenoxy) is 2. The second-order valence-corrected chi connectivity index (χ2v) is 7.21. The normalized spacial score (nSPS) is 12.5. The summed E-state index contributed by atoms with van der Waals surface area (Å²) < 4.78 is 24.4. The van der Waals surface area contributed by atoms with Crippen LogP contribution in [0.2, 0.25) is 0 Å². The minimum Gasteiger partial charge on any atom is -0.486 e. The summed E-state index contributed by atoms with van der Waals surface area (Å²) in [5.74, 6) is 0.967. The van der Waals surface area contributed by atoms with Gasteiger partial charge in [-0.2, -0.15) is 0 Å². The maximum atomic E-state index is 13.1. The molecule has 1 N–H and O–H groups in total. The van der Waals surface area contributed by atoms with Crippen molar-refractivity contribution in [3.05, 3.63) is 77.1 Å². The molecule has 0 saturated heterocycles. The number of hydrogen-bond acceptors (Lipinski definition) is 3. The molecule has 1 amide bonds. The average molecular weight is 391 g/mol. The van der Waals surface area contributed by atoms with Crippen molar-refractivity contribution in [2.75, 3.05) is 18.5 Å². The quantitative estimate of drug-likeness (QED) is 0.676. The molecule has 3 aromatic rings. The average Bonchev–Trinajstić information content (AvgIpc) is 2.71. The molecular weight excluding hydrogens is 369 g/mol.